The van der Waals surface area contributed by atoms with Gasteiger partial charge in [-0.1, -0.05) is 0 Å². The summed E-state index contributed by atoms with van der Waals surface area (Å²) in [6.45, 7) is 2.68. The molecule has 2 heterocycles. The molecule has 1 atom stereocenters. The number of nitrogens with one attached hydrogen (secondary N) is 1. The summed E-state index contributed by atoms with van der Waals surface area (Å²) in [4.78, 5) is 26.8. The van der Waals surface area contributed by atoms with E-state index in [0.29, 0.717) is 37.4 Å². The van der Waals surface area contributed by atoms with Crippen LogP contribution in [0.15, 0.2) is 18.2 Å². The molecule has 1 aromatic rings. The Morgan fingerprint density at radius 2 is 2.15 bits per heavy atom. The number of nitrogen functional groups attached to an aromatic ring is 1. The first-order valence-electron chi connectivity index (χ1n) is 6.55. The van der Waals surface area contributed by atoms with E-state index in [0.717, 1.165) is 5.69 Å². The van der Waals surface area contributed by atoms with E-state index in [1.165, 1.54) is 0 Å². The normalized spacial score (nSPS) is 21.6. The van der Waals surface area contributed by atoms with Crippen molar-refractivity contribution in [1.82, 2.24) is 10.2 Å². The lowest BCUT2D eigenvalue weighted by Gasteiger charge is -2.38. The zero-order valence-electron chi connectivity index (χ0n) is 11.0. The van der Waals surface area contributed by atoms with E-state index in [4.69, 9.17) is 11.5 Å². The number of carbonyl (C=O) groups is 2. The highest BCUT2D eigenvalue weighted by molar-refractivity contribution is 5.95. The van der Waals surface area contributed by atoms with Crippen LogP contribution in [0.1, 0.15) is 10.4 Å². The Balaban J connectivity index is 1.85. The third kappa shape index (κ3) is 2.01. The second-order valence-electron chi connectivity index (χ2n) is 5.12. The molecule has 0 spiro atoms. The fourth-order valence-corrected chi connectivity index (χ4v) is 2.79. The summed E-state index contributed by atoms with van der Waals surface area (Å²) in [6, 6.07) is 5.18. The van der Waals surface area contributed by atoms with Gasteiger partial charge in [0.1, 0.15) is 0 Å². The molecule has 7 heteroatoms. The molecule has 2 fully saturated rings. The molecule has 3 rings (SSSR count). The van der Waals surface area contributed by atoms with Crippen molar-refractivity contribution in [3.8, 4) is 0 Å². The van der Waals surface area contributed by atoms with Gasteiger partial charge in [-0.15, -0.1) is 0 Å². The van der Waals surface area contributed by atoms with Gasteiger partial charge in [0.15, 0.2) is 0 Å². The van der Waals surface area contributed by atoms with Gasteiger partial charge in [-0.2, -0.15) is 0 Å². The largest absolute Gasteiger partial charge is 0.397 e. The molecule has 2 saturated heterocycles. The summed E-state index contributed by atoms with van der Waals surface area (Å²) < 4.78 is 0. The fourth-order valence-electron chi connectivity index (χ4n) is 2.79. The van der Waals surface area contributed by atoms with Crippen LogP contribution >= 0.6 is 0 Å². The number of urea groups is 1. The van der Waals surface area contributed by atoms with Gasteiger partial charge in [0, 0.05) is 31.7 Å². The van der Waals surface area contributed by atoms with Gasteiger partial charge in [-0.3, -0.25) is 4.79 Å². The van der Waals surface area contributed by atoms with Crippen LogP contribution in [0, 0.1) is 0 Å². The molecule has 0 saturated carbocycles. The van der Waals surface area contributed by atoms with Crippen LogP contribution in [-0.2, 0) is 0 Å². The van der Waals surface area contributed by atoms with E-state index in [2.05, 4.69) is 10.2 Å². The Hall–Kier alpha value is -2.44. The number of rotatable bonds is 2. The number of anilines is 2. The van der Waals surface area contributed by atoms with E-state index < -0.39 is 5.91 Å². The predicted octanol–water partition coefficient (Wildman–Crippen LogP) is -0.418. The molecule has 0 aromatic heterocycles. The van der Waals surface area contributed by atoms with Crippen LogP contribution in [0.25, 0.3) is 0 Å². The number of nitrogens with zero attached hydrogens (tertiary/aromatic N) is 2. The molecular formula is C13H17N5O2. The zero-order chi connectivity index (χ0) is 14.3. The lowest BCUT2D eigenvalue weighted by molar-refractivity contribution is 0.100. The number of piperazine rings is 1. The number of carbonyl (C=O) groups excluding carboxylic acids is 2. The van der Waals surface area contributed by atoms with Gasteiger partial charge in [0.25, 0.3) is 0 Å². The minimum absolute atomic E-state index is 0.00601. The summed E-state index contributed by atoms with van der Waals surface area (Å²) in [5.74, 6) is -0.470. The molecule has 1 aromatic carbocycles. The number of amides is 3. The van der Waals surface area contributed by atoms with Crippen LogP contribution in [-0.4, -0.2) is 49.1 Å². The Kier molecular flexibility index (Phi) is 2.89. The zero-order valence-corrected chi connectivity index (χ0v) is 11.0. The van der Waals surface area contributed by atoms with E-state index >= 15 is 0 Å². The maximum Gasteiger partial charge on any atom is 0.317 e. The van der Waals surface area contributed by atoms with Crippen molar-refractivity contribution < 1.29 is 9.59 Å². The Labute approximate surface area is 116 Å². The highest BCUT2D eigenvalue weighted by Gasteiger charge is 2.35. The Bertz CT molecular complexity index is 574. The molecule has 7 nitrogen and oxygen atoms in total. The molecule has 20 heavy (non-hydrogen) atoms. The van der Waals surface area contributed by atoms with Crippen molar-refractivity contribution in [2.45, 2.75) is 6.04 Å². The molecule has 3 amide bonds. The number of benzene rings is 1. The minimum Gasteiger partial charge on any atom is -0.397 e. The summed E-state index contributed by atoms with van der Waals surface area (Å²) in [6.07, 6.45) is 0. The number of nitrogens with two attached hydrogens (primary N) is 2. The number of primary amides is 1. The molecule has 106 valence electrons. The van der Waals surface area contributed by atoms with Crippen molar-refractivity contribution in [1.29, 1.82) is 0 Å². The molecular weight excluding hydrogens is 258 g/mol. The first-order valence-corrected chi connectivity index (χ1v) is 6.55. The topological polar surface area (TPSA) is 105 Å². The summed E-state index contributed by atoms with van der Waals surface area (Å²) in [7, 11) is 0. The molecule has 2 aliphatic rings. The van der Waals surface area contributed by atoms with Crippen LogP contribution in [0.3, 0.4) is 0 Å². The van der Waals surface area contributed by atoms with Crippen molar-refractivity contribution in [3.63, 3.8) is 0 Å². The molecule has 0 radical (unpaired) electrons. The number of hydrogen-bond acceptors (Lipinski definition) is 4. The average molecular weight is 275 g/mol. The van der Waals surface area contributed by atoms with E-state index in [-0.39, 0.29) is 12.1 Å². The quantitative estimate of drug-likeness (QED) is 0.638. The van der Waals surface area contributed by atoms with Gasteiger partial charge in [0.05, 0.1) is 17.4 Å². The van der Waals surface area contributed by atoms with Crippen molar-refractivity contribution >= 4 is 23.3 Å². The lowest BCUT2D eigenvalue weighted by Crippen LogP contribution is -2.52. The first-order chi connectivity index (χ1) is 9.56. The monoisotopic (exact) mass is 275 g/mol. The third-order valence-corrected chi connectivity index (χ3v) is 3.89. The highest BCUT2D eigenvalue weighted by Crippen LogP contribution is 2.27. The van der Waals surface area contributed by atoms with Crippen LogP contribution in [0.5, 0.6) is 0 Å². The Morgan fingerprint density at radius 3 is 2.90 bits per heavy atom. The minimum atomic E-state index is -0.470. The summed E-state index contributed by atoms with van der Waals surface area (Å²) >= 11 is 0. The summed E-state index contributed by atoms with van der Waals surface area (Å²) in [5, 5.41) is 2.83. The third-order valence-electron chi connectivity index (χ3n) is 3.89. The Morgan fingerprint density at radius 1 is 1.35 bits per heavy atom. The SMILES string of the molecule is NC(=O)c1ccc(N)c(N2CCN3C(=O)NCC3C2)c1. The average Bonchev–Trinajstić information content (AvgIpc) is 2.80. The van der Waals surface area contributed by atoms with Gasteiger partial charge in [0.2, 0.25) is 5.91 Å². The van der Waals surface area contributed by atoms with Gasteiger partial charge in [-0.05, 0) is 18.2 Å². The lowest BCUT2D eigenvalue weighted by atomic mass is 10.1. The van der Waals surface area contributed by atoms with Crippen LogP contribution in [0.2, 0.25) is 0 Å². The predicted molar refractivity (Wildman–Crippen MR) is 75.5 cm³/mol. The second-order valence-corrected chi connectivity index (χ2v) is 5.12. The van der Waals surface area contributed by atoms with E-state index in [1.807, 2.05) is 4.90 Å². The molecule has 5 N–H and O–H groups in total. The van der Waals surface area contributed by atoms with Crippen LogP contribution in [0.4, 0.5) is 16.2 Å². The van der Waals surface area contributed by atoms with E-state index in [9.17, 15) is 9.59 Å². The molecule has 1 unspecified atom stereocenters. The molecule has 0 bridgehead atoms. The molecule has 0 aliphatic carbocycles. The van der Waals surface area contributed by atoms with E-state index in [1.54, 1.807) is 18.2 Å². The van der Waals surface area contributed by atoms with Gasteiger partial charge < -0.3 is 26.6 Å². The number of fused-ring (bicyclic) bond motifs is 1. The fraction of sp³-hybridized carbons (Fsp3) is 0.385. The van der Waals surface area contributed by atoms with Gasteiger partial charge in [-0.25, -0.2) is 4.79 Å². The summed E-state index contributed by atoms with van der Waals surface area (Å²) in [5.41, 5.74) is 13.2. The van der Waals surface area contributed by atoms with Crippen molar-refractivity contribution in [3.05, 3.63) is 23.8 Å². The first kappa shape index (κ1) is 12.6. The van der Waals surface area contributed by atoms with Crippen molar-refractivity contribution in [2.24, 2.45) is 5.73 Å². The smallest absolute Gasteiger partial charge is 0.317 e. The molecule has 2 aliphatic heterocycles. The standard InChI is InChI=1S/C13H17N5O2/c14-10-2-1-8(12(15)19)5-11(10)17-3-4-18-9(7-17)6-16-13(18)20/h1-2,5,9H,3-4,6-7,14H2,(H2,15,19)(H,16,20). The van der Waals surface area contributed by atoms with Crippen molar-refractivity contribution in [2.75, 3.05) is 36.8 Å². The van der Waals surface area contributed by atoms with Crippen LogP contribution < -0.4 is 21.7 Å². The maximum atomic E-state index is 11.6. The maximum absolute atomic E-state index is 11.6. The van der Waals surface area contributed by atoms with Gasteiger partial charge >= 0.3 is 6.03 Å². The second kappa shape index (κ2) is 4.59. The highest BCUT2D eigenvalue weighted by atomic mass is 16.2. The number of hydrogen-bond donors (Lipinski definition) is 3.